The minimum Gasteiger partial charge on any atom is -0.352 e. The highest BCUT2D eigenvalue weighted by molar-refractivity contribution is 6.02. The van der Waals surface area contributed by atoms with E-state index in [9.17, 15) is 9.18 Å². The number of nitrogens with zero attached hydrogens (tertiary/aromatic N) is 1. The molecule has 0 radical (unpaired) electrons. The molecule has 1 atom stereocenters. The minimum absolute atomic E-state index is 0.0616. The van der Waals surface area contributed by atoms with Gasteiger partial charge in [0.15, 0.2) is 0 Å². The molecule has 1 unspecified atom stereocenters. The van der Waals surface area contributed by atoms with E-state index in [4.69, 9.17) is 5.41 Å². The van der Waals surface area contributed by atoms with E-state index in [1.807, 2.05) is 13.8 Å². The van der Waals surface area contributed by atoms with Crippen LogP contribution in [0, 0.1) is 11.2 Å². The fourth-order valence-corrected chi connectivity index (χ4v) is 2.20. The Morgan fingerprint density at radius 3 is 2.74 bits per heavy atom. The summed E-state index contributed by atoms with van der Waals surface area (Å²) in [6.07, 6.45) is 0. The number of amidine groups is 1. The number of hydrogen-bond donors (Lipinski definition) is 2. The lowest BCUT2D eigenvalue weighted by Gasteiger charge is -2.26. The van der Waals surface area contributed by atoms with Crippen LogP contribution in [0.3, 0.4) is 0 Å². The van der Waals surface area contributed by atoms with E-state index in [1.165, 1.54) is 12.1 Å². The number of benzene rings is 1. The Hall–Kier alpha value is -1.91. The first kappa shape index (κ1) is 13.5. The molecule has 4 nitrogen and oxygen atoms in total. The van der Waals surface area contributed by atoms with Crippen molar-refractivity contribution in [2.24, 2.45) is 0 Å². The van der Waals surface area contributed by atoms with Crippen molar-refractivity contribution in [2.45, 2.75) is 39.4 Å². The van der Waals surface area contributed by atoms with Crippen molar-refractivity contribution in [3.8, 4) is 0 Å². The Labute approximate surface area is 112 Å². The second-order valence-electron chi connectivity index (χ2n) is 5.12. The van der Waals surface area contributed by atoms with Crippen LogP contribution in [0.5, 0.6) is 0 Å². The van der Waals surface area contributed by atoms with E-state index in [0.29, 0.717) is 12.1 Å². The van der Waals surface area contributed by atoms with E-state index in [-0.39, 0.29) is 23.6 Å². The van der Waals surface area contributed by atoms with Gasteiger partial charge in [-0.3, -0.25) is 10.2 Å². The van der Waals surface area contributed by atoms with Crippen LogP contribution in [0.4, 0.5) is 4.39 Å². The van der Waals surface area contributed by atoms with E-state index in [2.05, 4.69) is 5.32 Å². The molecule has 1 aromatic rings. The molecular weight excluding hydrogens is 245 g/mol. The van der Waals surface area contributed by atoms with E-state index >= 15 is 0 Å². The third-order valence-corrected chi connectivity index (χ3v) is 3.23. The molecule has 0 saturated carbocycles. The molecule has 1 aromatic carbocycles. The maximum Gasteiger partial charge on any atom is 0.242 e. The number of rotatable bonds is 3. The summed E-state index contributed by atoms with van der Waals surface area (Å²) in [4.78, 5) is 13.7. The van der Waals surface area contributed by atoms with Crippen LogP contribution in [0.2, 0.25) is 0 Å². The van der Waals surface area contributed by atoms with Gasteiger partial charge in [0.05, 0.1) is 0 Å². The third-order valence-electron chi connectivity index (χ3n) is 3.23. The first-order valence-corrected chi connectivity index (χ1v) is 6.34. The molecule has 1 heterocycles. The molecule has 0 fully saturated rings. The molecule has 2 rings (SSSR count). The minimum atomic E-state index is -0.439. The van der Waals surface area contributed by atoms with Crippen LogP contribution >= 0.6 is 0 Å². The summed E-state index contributed by atoms with van der Waals surface area (Å²) in [5.74, 6) is -0.265. The monoisotopic (exact) mass is 263 g/mol. The average molecular weight is 263 g/mol. The summed E-state index contributed by atoms with van der Waals surface area (Å²) in [5.41, 5.74) is 1.46. The van der Waals surface area contributed by atoms with Crippen LogP contribution in [-0.2, 0) is 11.3 Å². The highest BCUT2D eigenvalue weighted by Gasteiger charge is 2.31. The number of amides is 1. The molecule has 102 valence electrons. The second kappa shape index (κ2) is 4.99. The number of carbonyl (C=O) groups is 1. The third kappa shape index (κ3) is 2.59. The number of carbonyl (C=O) groups excluding carboxylic acids is 1. The van der Waals surface area contributed by atoms with Crippen molar-refractivity contribution in [3.63, 3.8) is 0 Å². The van der Waals surface area contributed by atoms with E-state index in [0.717, 1.165) is 5.56 Å². The summed E-state index contributed by atoms with van der Waals surface area (Å²) in [6.45, 7) is 6.02. The molecule has 0 aromatic heterocycles. The largest absolute Gasteiger partial charge is 0.352 e. The first-order chi connectivity index (χ1) is 8.90. The van der Waals surface area contributed by atoms with Crippen molar-refractivity contribution in [2.75, 3.05) is 0 Å². The Morgan fingerprint density at radius 2 is 2.11 bits per heavy atom. The SMILES string of the molecule is CC(C)NC(=O)C(C)N1Cc2ccc(F)cc2C1=N. The molecule has 0 spiro atoms. The maximum absolute atomic E-state index is 13.2. The number of fused-ring (bicyclic) bond motifs is 1. The molecule has 0 aliphatic carbocycles. The lowest BCUT2D eigenvalue weighted by Crippen LogP contribution is -2.47. The zero-order chi connectivity index (χ0) is 14.2. The van der Waals surface area contributed by atoms with Crippen molar-refractivity contribution in [1.82, 2.24) is 10.2 Å². The van der Waals surface area contributed by atoms with Gasteiger partial charge in [-0.1, -0.05) is 6.07 Å². The molecular formula is C14H18FN3O. The van der Waals surface area contributed by atoms with Gasteiger partial charge in [-0.15, -0.1) is 0 Å². The van der Waals surface area contributed by atoms with Gasteiger partial charge in [0, 0.05) is 18.2 Å². The quantitative estimate of drug-likeness (QED) is 0.875. The Bertz CT molecular complexity index is 527. The molecule has 19 heavy (non-hydrogen) atoms. The van der Waals surface area contributed by atoms with Crippen LogP contribution in [0.15, 0.2) is 18.2 Å². The lowest BCUT2D eigenvalue weighted by molar-refractivity contribution is -0.125. The predicted octanol–water partition coefficient (Wildman–Crippen LogP) is 1.88. The Morgan fingerprint density at radius 1 is 1.42 bits per heavy atom. The topological polar surface area (TPSA) is 56.2 Å². The smallest absolute Gasteiger partial charge is 0.242 e. The fraction of sp³-hybridized carbons (Fsp3) is 0.429. The van der Waals surface area contributed by atoms with Crippen molar-refractivity contribution < 1.29 is 9.18 Å². The van der Waals surface area contributed by atoms with Crippen LogP contribution in [0.25, 0.3) is 0 Å². The van der Waals surface area contributed by atoms with Crippen LogP contribution in [0.1, 0.15) is 31.9 Å². The van der Waals surface area contributed by atoms with Gasteiger partial charge in [-0.25, -0.2) is 4.39 Å². The summed E-state index contributed by atoms with van der Waals surface area (Å²) < 4.78 is 13.2. The number of hydrogen-bond acceptors (Lipinski definition) is 2. The fourth-order valence-electron chi connectivity index (χ4n) is 2.20. The van der Waals surface area contributed by atoms with Crippen molar-refractivity contribution in [1.29, 1.82) is 5.41 Å². The van der Waals surface area contributed by atoms with Crippen molar-refractivity contribution >= 4 is 11.7 Å². The summed E-state index contributed by atoms with van der Waals surface area (Å²) in [7, 11) is 0. The van der Waals surface area contributed by atoms with Gasteiger partial charge in [-0.05, 0) is 38.5 Å². The zero-order valence-corrected chi connectivity index (χ0v) is 11.3. The lowest BCUT2D eigenvalue weighted by atomic mass is 10.1. The van der Waals surface area contributed by atoms with Gasteiger partial charge in [0.1, 0.15) is 17.7 Å². The molecule has 5 heteroatoms. The highest BCUT2D eigenvalue weighted by Crippen LogP contribution is 2.25. The van der Waals surface area contributed by atoms with Gasteiger partial charge in [-0.2, -0.15) is 0 Å². The average Bonchev–Trinajstić information content (AvgIpc) is 2.65. The maximum atomic E-state index is 13.2. The van der Waals surface area contributed by atoms with Gasteiger partial charge >= 0.3 is 0 Å². The predicted molar refractivity (Wildman–Crippen MR) is 71.5 cm³/mol. The molecule has 0 bridgehead atoms. The van der Waals surface area contributed by atoms with Gasteiger partial charge in [0.25, 0.3) is 0 Å². The molecule has 0 saturated heterocycles. The van der Waals surface area contributed by atoms with Crippen LogP contribution < -0.4 is 5.32 Å². The van der Waals surface area contributed by atoms with E-state index in [1.54, 1.807) is 17.9 Å². The molecule has 1 amide bonds. The highest BCUT2D eigenvalue weighted by atomic mass is 19.1. The van der Waals surface area contributed by atoms with Gasteiger partial charge < -0.3 is 10.2 Å². The molecule has 1 aliphatic heterocycles. The zero-order valence-electron chi connectivity index (χ0n) is 11.3. The molecule has 2 N–H and O–H groups in total. The molecule has 1 aliphatic rings. The van der Waals surface area contributed by atoms with Crippen molar-refractivity contribution in [3.05, 3.63) is 35.1 Å². The standard InChI is InChI=1S/C14H18FN3O/c1-8(2)17-14(19)9(3)18-7-10-4-5-11(15)6-12(10)13(18)16/h4-6,8-9,16H,7H2,1-3H3,(H,17,19). The number of nitrogens with one attached hydrogen (secondary N) is 2. The summed E-state index contributed by atoms with van der Waals surface area (Å²) in [5, 5.41) is 10.9. The Kier molecular flexibility index (Phi) is 3.55. The second-order valence-corrected chi connectivity index (χ2v) is 5.12. The summed E-state index contributed by atoms with van der Waals surface area (Å²) >= 11 is 0. The first-order valence-electron chi connectivity index (χ1n) is 6.34. The number of halogens is 1. The van der Waals surface area contributed by atoms with E-state index < -0.39 is 6.04 Å². The Balaban J connectivity index is 2.17. The normalized spacial score (nSPS) is 15.6. The van der Waals surface area contributed by atoms with Gasteiger partial charge in [0.2, 0.25) is 5.91 Å². The van der Waals surface area contributed by atoms with Crippen LogP contribution in [-0.4, -0.2) is 28.7 Å². The summed E-state index contributed by atoms with van der Waals surface area (Å²) in [6, 6.07) is 4.03.